The minimum absolute atomic E-state index is 0.118. The van der Waals surface area contributed by atoms with Gasteiger partial charge in [0.05, 0.1) is 22.8 Å². The number of aldehydes is 1. The fourth-order valence-electron chi connectivity index (χ4n) is 3.92. The summed E-state index contributed by atoms with van der Waals surface area (Å²) in [5.41, 5.74) is 6.41. The highest BCUT2D eigenvalue weighted by molar-refractivity contribution is 7.98. The number of nitrogens with zero attached hydrogens (tertiary/aromatic N) is 4. The molecule has 7 nitrogen and oxygen atoms in total. The predicted molar refractivity (Wildman–Crippen MR) is 153 cm³/mol. The quantitative estimate of drug-likeness (QED) is 0.221. The lowest BCUT2D eigenvalue weighted by molar-refractivity contribution is -0.120. The first-order valence-electron chi connectivity index (χ1n) is 12.2. The van der Waals surface area contributed by atoms with E-state index in [0.29, 0.717) is 0 Å². The van der Waals surface area contributed by atoms with Crippen LogP contribution in [0.4, 0.5) is 0 Å². The van der Waals surface area contributed by atoms with Crippen molar-refractivity contribution in [3.63, 3.8) is 0 Å². The van der Waals surface area contributed by atoms with E-state index < -0.39 is 0 Å². The van der Waals surface area contributed by atoms with Gasteiger partial charge in [-0.15, -0.1) is 0 Å². The van der Waals surface area contributed by atoms with E-state index in [1.807, 2.05) is 73.6 Å². The van der Waals surface area contributed by atoms with Gasteiger partial charge in [-0.25, -0.2) is 0 Å². The molecule has 3 aromatic carbocycles. The zero-order valence-electron chi connectivity index (χ0n) is 21.2. The van der Waals surface area contributed by atoms with Crippen molar-refractivity contribution in [2.75, 3.05) is 7.05 Å². The smallest absolute Gasteiger partial charge is 0.230 e. The summed E-state index contributed by atoms with van der Waals surface area (Å²) in [6.07, 6.45) is 5.58. The first kappa shape index (κ1) is 27.3. The standard InChI is InChI=1S/C18H15ClN4.C11H13NO2S/c1-23-18(11-16(22-23)12-2-5-14(19)6-3-12)13-4-7-15-17(10-13)21-9-8-20-15;1-9-4-6-10(7-5-9)15-12-11(14)3-2-8-13/h2-10,18H,11H2,1H3;4-8H,2-3H2,1H3,(H,12,14). The summed E-state index contributed by atoms with van der Waals surface area (Å²) in [6, 6.07) is 22.1. The number of carbonyl (C=O) groups is 2. The molecule has 1 N–H and O–H groups in total. The van der Waals surface area contributed by atoms with E-state index in [1.165, 1.54) is 23.1 Å². The van der Waals surface area contributed by atoms with E-state index in [9.17, 15) is 9.59 Å². The second kappa shape index (κ2) is 13.2. The Kier molecular flexibility index (Phi) is 9.46. The highest BCUT2D eigenvalue weighted by Crippen LogP contribution is 2.32. The first-order valence-corrected chi connectivity index (χ1v) is 13.4. The number of hydrogen-bond donors (Lipinski definition) is 1. The molecule has 1 aliphatic heterocycles. The molecule has 1 atom stereocenters. The molecule has 1 aliphatic rings. The molecule has 0 bridgehead atoms. The number of fused-ring (bicyclic) bond motifs is 1. The van der Waals surface area contributed by atoms with Crippen LogP contribution in [0.5, 0.6) is 0 Å². The van der Waals surface area contributed by atoms with E-state index in [0.717, 1.165) is 44.9 Å². The van der Waals surface area contributed by atoms with Gasteiger partial charge in [-0.3, -0.25) is 24.5 Å². The Balaban J connectivity index is 0.000000196. The molecule has 5 rings (SSSR count). The van der Waals surface area contributed by atoms with Crippen molar-refractivity contribution in [2.45, 2.75) is 37.1 Å². The highest BCUT2D eigenvalue weighted by Gasteiger charge is 2.26. The van der Waals surface area contributed by atoms with Gasteiger partial charge in [0.15, 0.2) is 0 Å². The monoisotopic (exact) mass is 545 g/mol. The van der Waals surface area contributed by atoms with Crippen molar-refractivity contribution in [2.24, 2.45) is 5.10 Å². The zero-order valence-corrected chi connectivity index (χ0v) is 22.7. The number of benzene rings is 3. The Morgan fingerprint density at radius 3 is 2.47 bits per heavy atom. The van der Waals surface area contributed by atoms with Gasteiger partial charge in [0.1, 0.15) is 6.29 Å². The van der Waals surface area contributed by atoms with Crippen LogP contribution in [-0.2, 0) is 9.59 Å². The van der Waals surface area contributed by atoms with Crippen molar-refractivity contribution in [3.8, 4) is 0 Å². The van der Waals surface area contributed by atoms with Crippen LogP contribution in [-0.4, -0.2) is 39.9 Å². The largest absolute Gasteiger partial charge is 0.303 e. The number of rotatable bonds is 7. The third kappa shape index (κ3) is 7.40. The lowest BCUT2D eigenvalue weighted by Crippen LogP contribution is -2.14. The maximum Gasteiger partial charge on any atom is 0.230 e. The number of carbonyl (C=O) groups excluding carboxylic acids is 2. The zero-order chi connectivity index (χ0) is 26.9. The van der Waals surface area contributed by atoms with Crippen LogP contribution in [0.3, 0.4) is 0 Å². The molecule has 0 saturated heterocycles. The van der Waals surface area contributed by atoms with Crippen molar-refractivity contribution in [1.82, 2.24) is 19.7 Å². The van der Waals surface area contributed by atoms with Crippen LogP contribution in [0.25, 0.3) is 11.0 Å². The normalized spacial score (nSPS) is 14.4. The number of nitrogens with one attached hydrogen (secondary N) is 1. The lowest BCUT2D eigenvalue weighted by atomic mass is 9.98. The Morgan fingerprint density at radius 2 is 1.76 bits per heavy atom. The van der Waals surface area contributed by atoms with Crippen molar-refractivity contribution >= 4 is 52.5 Å². The summed E-state index contributed by atoms with van der Waals surface area (Å²) in [7, 11) is 2.01. The minimum atomic E-state index is -0.118. The third-order valence-corrected chi connectivity index (χ3v) is 7.05. The molecule has 1 amide bonds. The van der Waals surface area contributed by atoms with Gasteiger partial charge in [0, 0.05) is 48.6 Å². The number of aromatic nitrogens is 2. The Labute approximate surface area is 231 Å². The summed E-state index contributed by atoms with van der Waals surface area (Å²) in [6.45, 7) is 2.01. The van der Waals surface area contributed by atoms with Crippen molar-refractivity contribution in [3.05, 3.63) is 101 Å². The van der Waals surface area contributed by atoms with Crippen molar-refractivity contribution < 1.29 is 9.59 Å². The second-order valence-corrected chi connectivity index (χ2v) is 10.1. The number of aryl methyl sites for hydroxylation is 1. The Morgan fingerprint density at radius 1 is 1.05 bits per heavy atom. The molecule has 1 aromatic heterocycles. The average molecular weight is 546 g/mol. The van der Waals surface area contributed by atoms with Crippen LogP contribution in [0.1, 0.15) is 42.0 Å². The van der Waals surface area contributed by atoms with Crippen LogP contribution in [0.15, 0.2) is 89.1 Å². The van der Waals surface area contributed by atoms with E-state index in [-0.39, 0.29) is 24.8 Å². The molecule has 9 heteroatoms. The second-order valence-electron chi connectivity index (χ2n) is 8.80. The minimum Gasteiger partial charge on any atom is -0.303 e. The molecule has 38 heavy (non-hydrogen) atoms. The summed E-state index contributed by atoms with van der Waals surface area (Å²) in [5, 5.41) is 7.45. The highest BCUT2D eigenvalue weighted by atomic mass is 35.5. The number of halogens is 1. The van der Waals surface area contributed by atoms with E-state index in [2.05, 4.69) is 26.8 Å². The molecule has 0 fully saturated rings. The molecule has 0 spiro atoms. The molecule has 0 radical (unpaired) electrons. The van der Waals surface area contributed by atoms with Crippen molar-refractivity contribution in [1.29, 1.82) is 0 Å². The van der Waals surface area contributed by atoms with Crippen LogP contribution in [0.2, 0.25) is 5.02 Å². The maximum atomic E-state index is 11.2. The van der Waals surface area contributed by atoms with Gasteiger partial charge < -0.3 is 4.79 Å². The predicted octanol–water partition coefficient (Wildman–Crippen LogP) is 6.16. The topological polar surface area (TPSA) is 87.6 Å². The van der Waals surface area contributed by atoms with Gasteiger partial charge in [-0.2, -0.15) is 5.10 Å². The van der Waals surface area contributed by atoms with E-state index in [1.54, 1.807) is 12.4 Å². The number of amides is 1. The molecule has 4 aromatic rings. The van der Waals surface area contributed by atoms with E-state index in [4.69, 9.17) is 16.7 Å². The molecular formula is C29H28ClN5O2S. The molecule has 0 saturated carbocycles. The average Bonchev–Trinajstić information content (AvgIpc) is 3.33. The van der Waals surface area contributed by atoms with Gasteiger partial charge in [-0.1, -0.05) is 47.5 Å². The van der Waals surface area contributed by atoms with Gasteiger partial charge in [-0.05, 0) is 66.4 Å². The summed E-state index contributed by atoms with van der Waals surface area (Å²) < 4.78 is 2.67. The summed E-state index contributed by atoms with van der Waals surface area (Å²) in [4.78, 5) is 30.9. The summed E-state index contributed by atoms with van der Waals surface area (Å²) >= 11 is 7.24. The summed E-state index contributed by atoms with van der Waals surface area (Å²) in [5.74, 6) is -0.118. The fraction of sp³-hybridized carbons (Fsp3) is 0.207. The molecule has 1 unspecified atom stereocenters. The molecule has 194 valence electrons. The SMILES string of the molecule is CN1N=C(c2ccc(Cl)cc2)CC1c1ccc2nccnc2c1.Cc1ccc(SNC(=O)CCC=O)cc1. The lowest BCUT2D eigenvalue weighted by Gasteiger charge is -2.19. The third-order valence-electron chi connectivity index (χ3n) is 5.96. The van der Waals surface area contributed by atoms with Gasteiger partial charge in [0.2, 0.25) is 5.91 Å². The Hall–Kier alpha value is -3.75. The molecular weight excluding hydrogens is 518 g/mol. The first-order chi connectivity index (χ1) is 18.4. The van der Waals surface area contributed by atoms with Gasteiger partial charge >= 0.3 is 0 Å². The van der Waals surface area contributed by atoms with Crippen LogP contribution in [0, 0.1) is 6.92 Å². The number of hydrazone groups is 1. The van der Waals surface area contributed by atoms with E-state index >= 15 is 0 Å². The van der Waals surface area contributed by atoms with Gasteiger partial charge in [0.25, 0.3) is 0 Å². The molecule has 2 heterocycles. The Bertz CT molecular complexity index is 1430. The fourth-order valence-corrected chi connectivity index (χ4v) is 4.65. The number of hydrogen-bond acceptors (Lipinski definition) is 7. The maximum absolute atomic E-state index is 11.2. The van der Waals surface area contributed by atoms with Crippen LogP contribution < -0.4 is 4.72 Å². The molecule has 0 aliphatic carbocycles. The van der Waals surface area contributed by atoms with Crippen LogP contribution >= 0.6 is 23.5 Å².